The molecule has 1 saturated carbocycles. The van der Waals surface area contributed by atoms with Gasteiger partial charge in [0.05, 0.1) is 0 Å². The predicted molar refractivity (Wildman–Crippen MR) is 92.2 cm³/mol. The van der Waals surface area contributed by atoms with Gasteiger partial charge in [0.2, 0.25) is 5.91 Å². The lowest BCUT2D eigenvalue weighted by atomic mass is 9.71. The zero-order valence-electron chi connectivity index (χ0n) is 14.7. The summed E-state index contributed by atoms with van der Waals surface area (Å²) in [6.45, 7) is 0.589. The Morgan fingerprint density at radius 2 is 2.20 bits per heavy atom. The molecule has 0 spiro atoms. The molecular formula is C18H25N3O4. The van der Waals surface area contributed by atoms with E-state index in [1.807, 2.05) is 0 Å². The number of aryl methyl sites for hydroxylation is 1. The van der Waals surface area contributed by atoms with E-state index < -0.39 is 0 Å². The highest BCUT2D eigenvalue weighted by Crippen LogP contribution is 2.35. The second-order valence-electron chi connectivity index (χ2n) is 7.08. The van der Waals surface area contributed by atoms with Gasteiger partial charge in [-0.25, -0.2) is 0 Å². The number of methoxy groups -OCH3 is 1. The van der Waals surface area contributed by atoms with E-state index in [1.54, 1.807) is 32.5 Å². The number of aromatic nitrogens is 1. The van der Waals surface area contributed by atoms with Crippen molar-refractivity contribution in [1.29, 1.82) is 0 Å². The first-order chi connectivity index (χ1) is 12.0. The highest BCUT2D eigenvalue weighted by atomic mass is 16.5. The predicted octanol–water partition coefficient (Wildman–Crippen LogP) is 0.435. The van der Waals surface area contributed by atoms with Gasteiger partial charge >= 0.3 is 0 Å². The fraction of sp³-hybridized carbons (Fsp3) is 0.611. The van der Waals surface area contributed by atoms with Crippen molar-refractivity contribution in [2.75, 3.05) is 13.7 Å². The molecule has 1 saturated heterocycles. The molecular weight excluding hydrogens is 322 g/mol. The first-order valence-corrected chi connectivity index (χ1v) is 8.74. The third-order valence-corrected chi connectivity index (χ3v) is 5.39. The molecule has 4 atom stereocenters. The fourth-order valence-electron chi connectivity index (χ4n) is 4.14. The molecule has 0 aromatic carbocycles. The smallest absolute Gasteiger partial charge is 0.263 e. The summed E-state index contributed by atoms with van der Waals surface area (Å²) in [4.78, 5) is 36.5. The SMILES string of the molecule is COCC1CC(=O)NC2CC(NC(=O)c3cccn(C)c3=O)CCC12. The number of hydrogen-bond donors (Lipinski definition) is 2. The van der Waals surface area contributed by atoms with Crippen LogP contribution in [0.3, 0.4) is 0 Å². The van der Waals surface area contributed by atoms with Crippen LogP contribution in [-0.4, -0.2) is 42.2 Å². The van der Waals surface area contributed by atoms with Crippen LogP contribution >= 0.6 is 0 Å². The molecule has 2 fully saturated rings. The van der Waals surface area contributed by atoms with Gasteiger partial charge in [0.1, 0.15) is 5.56 Å². The van der Waals surface area contributed by atoms with Crippen LogP contribution in [0.25, 0.3) is 0 Å². The number of rotatable bonds is 4. The molecule has 2 N–H and O–H groups in total. The van der Waals surface area contributed by atoms with Gasteiger partial charge < -0.3 is 19.9 Å². The van der Waals surface area contributed by atoms with Crippen LogP contribution in [0.15, 0.2) is 23.1 Å². The summed E-state index contributed by atoms with van der Waals surface area (Å²) in [5, 5.41) is 6.02. The molecule has 7 nitrogen and oxygen atoms in total. The van der Waals surface area contributed by atoms with Crippen molar-refractivity contribution >= 4 is 11.8 Å². The number of nitrogens with one attached hydrogen (secondary N) is 2. The molecule has 3 rings (SSSR count). The summed E-state index contributed by atoms with van der Waals surface area (Å²) < 4.78 is 6.66. The lowest BCUT2D eigenvalue weighted by molar-refractivity contribution is -0.128. The maximum Gasteiger partial charge on any atom is 0.263 e. The van der Waals surface area contributed by atoms with Crippen molar-refractivity contribution < 1.29 is 14.3 Å². The third kappa shape index (κ3) is 3.76. The highest BCUT2D eigenvalue weighted by Gasteiger charge is 2.41. The highest BCUT2D eigenvalue weighted by molar-refractivity contribution is 5.94. The zero-order chi connectivity index (χ0) is 18.0. The maximum atomic E-state index is 12.4. The average Bonchev–Trinajstić information content (AvgIpc) is 2.57. The van der Waals surface area contributed by atoms with Gasteiger partial charge in [-0.05, 0) is 43.2 Å². The van der Waals surface area contributed by atoms with Crippen LogP contribution in [0.4, 0.5) is 0 Å². The van der Waals surface area contributed by atoms with Crippen molar-refractivity contribution in [2.45, 2.75) is 37.8 Å². The van der Waals surface area contributed by atoms with Crippen LogP contribution in [0.1, 0.15) is 36.0 Å². The molecule has 2 aliphatic rings. The van der Waals surface area contributed by atoms with Gasteiger partial charge in [-0.2, -0.15) is 0 Å². The van der Waals surface area contributed by atoms with Gasteiger partial charge in [-0.1, -0.05) is 0 Å². The van der Waals surface area contributed by atoms with Crippen molar-refractivity contribution in [1.82, 2.24) is 15.2 Å². The molecule has 7 heteroatoms. The van der Waals surface area contributed by atoms with E-state index in [-0.39, 0.29) is 40.9 Å². The van der Waals surface area contributed by atoms with Gasteiger partial charge in [-0.3, -0.25) is 14.4 Å². The zero-order valence-corrected chi connectivity index (χ0v) is 14.7. The standard InChI is InChI=1S/C18H25N3O4/c1-21-7-3-4-14(18(21)24)17(23)19-12-5-6-13-11(10-25-2)8-16(22)20-15(13)9-12/h3-4,7,11-13,15H,5-6,8-10H2,1-2H3,(H,19,23)(H,20,22). The number of carbonyl (C=O) groups is 2. The van der Waals surface area contributed by atoms with Crippen molar-refractivity contribution in [3.63, 3.8) is 0 Å². The minimum absolute atomic E-state index is 0.0414. The maximum absolute atomic E-state index is 12.4. The van der Waals surface area contributed by atoms with Crippen LogP contribution in [-0.2, 0) is 16.6 Å². The molecule has 136 valence electrons. The Balaban J connectivity index is 1.66. The van der Waals surface area contributed by atoms with Crippen LogP contribution in [0.2, 0.25) is 0 Å². The largest absolute Gasteiger partial charge is 0.384 e. The van der Waals surface area contributed by atoms with Crippen LogP contribution in [0.5, 0.6) is 0 Å². The molecule has 2 heterocycles. The number of ether oxygens (including phenoxy) is 1. The minimum atomic E-state index is -0.347. The quantitative estimate of drug-likeness (QED) is 0.827. The van der Waals surface area contributed by atoms with Crippen LogP contribution in [0, 0.1) is 11.8 Å². The van der Waals surface area contributed by atoms with Gasteiger partial charge in [0.25, 0.3) is 11.5 Å². The first kappa shape index (κ1) is 17.7. The van der Waals surface area contributed by atoms with E-state index in [1.165, 1.54) is 4.57 Å². The topological polar surface area (TPSA) is 89.4 Å². The Hall–Kier alpha value is -2.15. The summed E-state index contributed by atoms with van der Waals surface area (Å²) >= 11 is 0. The monoisotopic (exact) mass is 347 g/mol. The Morgan fingerprint density at radius 1 is 1.40 bits per heavy atom. The molecule has 1 aliphatic heterocycles. The van der Waals surface area contributed by atoms with Gasteiger partial charge in [0, 0.05) is 45.5 Å². The number of carbonyl (C=O) groups excluding carboxylic acids is 2. The van der Waals surface area contributed by atoms with E-state index in [0.29, 0.717) is 25.4 Å². The molecule has 2 amide bonds. The lowest BCUT2D eigenvalue weighted by Gasteiger charge is -2.43. The summed E-state index contributed by atoms with van der Waals surface area (Å²) in [5.41, 5.74) is -0.156. The van der Waals surface area contributed by atoms with Crippen molar-refractivity contribution in [3.05, 3.63) is 34.2 Å². The minimum Gasteiger partial charge on any atom is -0.384 e. The summed E-state index contributed by atoms with van der Waals surface area (Å²) in [5.74, 6) is 0.324. The second-order valence-corrected chi connectivity index (χ2v) is 7.08. The fourth-order valence-corrected chi connectivity index (χ4v) is 4.14. The second kappa shape index (κ2) is 7.39. The normalized spacial score (nSPS) is 28.8. The number of piperidine rings is 1. The number of nitrogens with zero attached hydrogens (tertiary/aromatic N) is 1. The van der Waals surface area contributed by atoms with Crippen molar-refractivity contribution in [2.24, 2.45) is 18.9 Å². The number of pyridine rings is 1. The lowest BCUT2D eigenvalue weighted by Crippen LogP contribution is -2.56. The average molecular weight is 347 g/mol. The van der Waals surface area contributed by atoms with Crippen molar-refractivity contribution in [3.8, 4) is 0 Å². The first-order valence-electron chi connectivity index (χ1n) is 8.74. The number of amides is 2. The Morgan fingerprint density at radius 3 is 2.96 bits per heavy atom. The summed E-state index contributed by atoms with van der Waals surface area (Å²) in [6, 6.07) is 3.24. The van der Waals surface area contributed by atoms with E-state index >= 15 is 0 Å². The summed E-state index contributed by atoms with van der Waals surface area (Å²) in [6.07, 6.45) is 4.59. The summed E-state index contributed by atoms with van der Waals surface area (Å²) in [7, 11) is 3.28. The molecule has 25 heavy (non-hydrogen) atoms. The third-order valence-electron chi connectivity index (χ3n) is 5.39. The van der Waals surface area contributed by atoms with Gasteiger partial charge in [-0.15, -0.1) is 0 Å². The molecule has 4 unspecified atom stereocenters. The molecule has 1 aliphatic carbocycles. The Labute approximate surface area is 146 Å². The van der Waals surface area contributed by atoms with Crippen LogP contribution < -0.4 is 16.2 Å². The van der Waals surface area contributed by atoms with Gasteiger partial charge in [0.15, 0.2) is 0 Å². The molecule has 1 aromatic heterocycles. The van der Waals surface area contributed by atoms with E-state index in [9.17, 15) is 14.4 Å². The molecule has 0 bridgehead atoms. The van der Waals surface area contributed by atoms with E-state index in [0.717, 1.165) is 12.8 Å². The van der Waals surface area contributed by atoms with E-state index in [2.05, 4.69) is 10.6 Å². The number of fused-ring (bicyclic) bond motifs is 1. The molecule has 1 aromatic rings. The number of hydrogen-bond acceptors (Lipinski definition) is 4. The van der Waals surface area contributed by atoms with E-state index in [4.69, 9.17) is 4.74 Å². The molecule has 0 radical (unpaired) electrons. The Kier molecular flexibility index (Phi) is 5.22. The Bertz CT molecular complexity index is 715.